The van der Waals surface area contributed by atoms with Crippen LogP contribution in [0.4, 0.5) is 0 Å². The highest BCUT2D eigenvalue weighted by molar-refractivity contribution is 5.81. The predicted octanol–water partition coefficient (Wildman–Crippen LogP) is 2.66. The predicted molar refractivity (Wildman–Crippen MR) is 76.5 cm³/mol. The molecule has 3 atom stereocenters. The van der Waals surface area contributed by atoms with Crippen LogP contribution < -0.4 is 5.32 Å². The lowest BCUT2D eigenvalue weighted by Crippen LogP contribution is -2.46. The molecule has 3 unspecified atom stereocenters. The van der Waals surface area contributed by atoms with E-state index in [0.29, 0.717) is 0 Å². The molecular weight excluding hydrogens is 224 g/mol. The van der Waals surface area contributed by atoms with Crippen molar-refractivity contribution in [1.29, 1.82) is 0 Å². The van der Waals surface area contributed by atoms with Gasteiger partial charge >= 0.3 is 0 Å². The van der Waals surface area contributed by atoms with Gasteiger partial charge in [0.05, 0.1) is 6.04 Å². The van der Waals surface area contributed by atoms with E-state index < -0.39 is 0 Å². The van der Waals surface area contributed by atoms with Crippen LogP contribution in [-0.2, 0) is 4.79 Å². The van der Waals surface area contributed by atoms with Crippen molar-refractivity contribution in [1.82, 2.24) is 10.2 Å². The fraction of sp³-hybridized carbons (Fsp3) is 0.933. The maximum atomic E-state index is 12.1. The molecule has 1 amide bonds. The first kappa shape index (κ1) is 15.5. The van der Waals surface area contributed by atoms with Gasteiger partial charge in [0.25, 0.3) is 0 Å². The molecule has 0 aromatic heterocycles. The van der Waals surface area contributed by atoms with Gasteiger partial charge in [-0.25, -0.2) is 0 Å². The van der Waals surface area contributed by atoms with Gasteiger partial charge in [0.15, 0.2) is 0 Å². The number of rotatable bonds is 6. The van der Waals surface area contributed by atoms with Crippen molar-refractivity contribution in [2.75, 3.05) is 19.6 Å². The molecule has 0 spiro atoms. The normalized spacial score (nSPS) is 25.8. The summed E-state index contributed by atoms with van der Waals surface area (Å²) in [5.74, 6) is 1.80. The van der Waals surface area contributed by atoms with Gasteiger partial charge in [0.2, 0.25) is 5.91 Å². The molecule has 3 nitrogen and oxygen atoms in total. The molecule has 0 heterocycles. The summed E-state index contributed by atoms with van der Waals surface area (Å²) in [5.41, 5.74) is 0. The van der Waals surface area contributed by atoms with Crippen LogP contribution in [0.5, 0.6) is 0 Å². The molecule has 1 saturated carbocycles. The maximum Gasteiger partial charge on any atom is 0.239 e. The Morgan fingerprint density at radius 3 is 2.44 bits per heavy atom. The van der Waals surface area contributed by atoms with Crippen molar-refractivity contribution >= 4 is 5.91 Å². The van der Waals surface area contributed by atoms with E-state index in [1.165, 1.54) is 25.7 Å². The Balaban J connectivity index is 2.35. The molecule has 1 aliphatic rings. The highest BCUT2D eigenvalue weighted by Gasteiger charge is 2.23. The highest BCUT2D eigenvalue weighted by atomic mass is 16.2. The first-order chi connectivity index (χ1) is 8.60. The Kier molecular flexibility index (Phi) is 6.69. The van der Waals surface area contributed by atoms with Crippen LogP contribution in [0.1, 0.15) is 53.4 Å². The number of amides is 1. The summed E-state index contributed by atoms with van der Waals surface area (Å²) in [7, 11) is 0. The average Bonchev–Trinajstić information content (AvgIpc) is 2.38. The first-order valence-electron chi connectivity index (χ1n) is 7.62. The van der Waals surface area contributed by atoms with Gasteiger partial charge in [0.1, 0.15) is 0 Å². The summed E-state index contributed by atoms with van der Waals surface area (Å²) in [4.78, 5) is 14.0. The average molecular weight is 254 g/mol. The van der Waals surface area contributed by atoms with Crippen molar-refractivity contribution in [2.24, 2.45) is 11.8 Å². The van der Waals surface area contributed by atoms with Crippen molar-refractivity contribution < 1.29 is 4.79 Å². The van der Waals surface area contributed by atoms with E-state index in [1.54, 1.807) is 0 Å². The van der Waals surface area contributed by atoms with E-state index in [2.05, 4.69) is 12.2 Å². The highest BCUT2D eigenvalue weighted by Crippen LogP contribution is 2.28. The molecule has 0 aliphatic heterocycles. The molecule has 0 aromatic carbocycles. The Morgan fingerprint density at radius 2 is 1.89 bits per heavy atom. The summed E-state index contributed by atoms with van der Waals surface area (Å²) in [6.45, 7) is 11.0. The van der Waals surface area contributed by atoms with Gasteiger partial charge in [-0.15, -0.1) is 0 Å². The Morgan fingerprint density at radius 1 is 1.28 bits per heavy atom. The number of nitrogens with one attached hydrogen (secondary N) is 1. The Hall–Kier alpha value is -0.570. The van der Waals surface area contributed by atoms with Gasteiger partial charge in [-0.1, -0.05) is 26.2 Å². The number of likely N-dealkylation sites (N-methyl/N-ethyl adjacent to an activating group) is 1. The monoisotopic (exact) mass is 254 g/mol. The minimum atomic E-state index is -0.0426. The molecule has 1 N–H and O–H groups in total. The van der Waals surface area contributed by atoms with Gasteiger partial charge in [-0.2, -0.15) is 0 Å². The molecule has 0 radical (unpaired) electrons. The summed E-state index contributed by atoms with van der Waals surface area (Å²) in [6.07, 6.45) is 5.41. The lowest BCUT2D eigenvalue weighted by atomic mass is 9.80. The number of carbonyl (C=O) groups excluding carboxylic acids is 1. The zero-order valence-electron chi connectivity index (χ0n) is 12.5. The second-order valence-corrected chi connectivity index (χ2v) is 5.66. The molecule has 0 aromatic rings. The number of nitrogens with zero attached hydrogens (tertiary/aromatic N) is 1. The second-order valence-electron chi connectivity index (χ2n) is 5.66. The maximum absolute atomic E-state index is 12.1. The van der Waals surface area contributed by atoms with Crippen molar-refractivity contribution in [2.45, 2.75) is 59.4 Å². The van der Waals surface area contributed by atoms with Crippen LogP contribution in [0.2, 0.25) is 0 Å². The zero-order valence-corrected chi connectivity index (χ0v) is 12.5. The molecule has 0 bridgehead atoms. The molecule has 3 heteroatoms. The third-order valence-corrected chi connectivity index (χ3v) is 4.42. The van der Waals surface area contributed by atoms with E-state index in [0.717, 1.165) is 31.5 Å². The van der Waals surface area contributed by atoms with E-state index in [1.807, 2.05) is 25.7 Å². The Bertz CT molecular complexity index is 251. The fourth-order valence-electron chi connectivity index (χ4n) is 2.92. The van der Waals surface area contributed by atoms with Crippen LogP contribution in [-0.4, -0.2) is 36.5 Å². The van der Waals surface area contributed by atoms with Crippen LogP contribution in [0, 0.1) is 11.8 Å². The number of carbonyl (C=O) groups is 1. The molecular formula is C15H30N2O. The van der Waals surface area contributed by atoms with E-state index in [9.17, 15) is 4.79 Å². The van der Waals surface area contributed by atoms with Crippen molar-refractivity contribution in [3.63, 3.8) is 0 Å². The smallest absolute Gasteiger partial charge is 0.239 e. The molecule has 0 saturated heterocycles. The first-order valence-corrected chi connectivity index (χ1v) is 7.62. The number of hydrogen-bond acceptors (Lipinski definition) is 2. The Labute approximate surface area is 112 Å². The lowest BCUT2D eigenvalue weighted by Gasteiger charge is -2.31. The standard InChI is InChI=1S/C15H30N2O/c1-5-17(6-2)15(18)13(4)16-11-14-10-8-7-9-12(14)3/h12-14,16H,5-11H2,1-4H3. The van der Waals surface area contributed by atoms with Gasteiger partial charge in [-0.05, 0) is 45.6 Å². The molecule has 18 heavy (non-hydrogen) atoms. The topological polar surface area (TPSA) is 32.3 Å². The van der Waals surface area contributed by atoms with E-state index in [4.69, 9.17) is 0 Å². The van der Waals surface area contributed by atoms with Crippen LogP contribution in [0.25, 0.3) is 0 Å². The SMILES string of the molecule is CCN(CC)C(=O)C(C)NCC1CCCCC1C. The summed E-state index contributed by atoms with van der Waals surface area (Å²) >= 11 is 0. The van der Waals surface area contributed by atoms with E-state index in [-0.39, 0.29) is 11.9 Å². The van der Waals surface area contributed by atoms with Crippen LogP contribution >= 0.6 is 0 Å². The molecule has 1 rings (SSSR count). The van der Waals surface area contributed by atoms with Crippen LogP contribution in [0.15, 0.2) is 0 Å². The lowest BCUT2D eigenvalue weighted by molar-refractivity contribution is -0.132. The van der Waals surface area contributed by atoms with Gasteiger partial charge in [-0.3, -0.25) is 4.79 Å². The minimum Gasteiger partial charge on any atom is -0.342 e. The third-order valence-electron chi connectivity index (χ3n) is 4.42. The number of hydrogen-bond donors (Lipinski definition) is 1. The zero-order chi connectivity index (χ0) is 13.5. The largest absolute Gasteiger partial charge is 0.342 e. The van der Waals surface area contributed by atoms with E-state index >= 15 is 0 Å². The summed E-state index contributed by atoms with van der Waals surface area (Å²) in [6, 6.07) is -0.0426. The third kappa shape index (κ3) is 4.27. The molecule has 106 valence electrons. The quantitative estimate of drug-likeness (QED) is 0.790. The fourth-order valence-corrected chi connectivity index (χ4v) is 2.92. The summed E-state index contributed by atoms with van der Waals surface area (Å²) in [5, 5.41) is 3.44. The van der Waals surface area contributed by atoms with Crippen LogP contribution in [0.3, 0.4) is 0 Å². The minimum absolute atomic E-state index is 0.0426. The van der Waals surface area contributed by atoms with Gasteiger partial charge in [0, 0.05) is 13.1 Å². The molecule has 1 fully saturated rings. The van der Waals surface area contributed by atoms with Gasteiger partial charge < -0.3 is 10.2 Å². The van der Waals surface area contributed by atoms with Crippen molar-refractivity contribution in [3.05, 3.63) is 0 Å². The molecule has 1 aliphatic carbocycles. The summed E-state index contributed by atoms with van der Waals surface area (Å²) < 4.78 is 0. The second kappa shape index (κ2) is 7.78. The van der Waals surface area contributed by atoms with Crippen molar-refractivity contribution in [3.8, 4) is 0 Å².